The summed E-state index contributed by atoms with van der Waals surface area (Å²) in [5, 5.41) is 0. The van der Waals surface area contributed by atoms with E-state index in [1.165, 1.54) is 0 Å². The van der Waals surface area contributed by atoms with Crippen molar-refractivity contribution in [3.8, 4) is 0 Å². The molecule has 0 unspecified atom stereocenters. The molecule has 6 nitrogen and oxygen atoms in total. The summed E-state index contributed by atoms with van der Waals surface area (Å²) in [6, 6.07) is 0.671. The lowest BCUT2D eigenvalue weighted by molar-refractivity contribution is 0.187. The fourth-order valence-corrected chi connectivity index (χ4v) is 2.07. The van der Waals surface area contributed by atoms with Gasteiger partial charge in [-0.2, -0.15) is 0 Å². The number of hydrogen-bond donors (Lipinski definition) is 2. The second kappa shape index (κ2) is 7.47. The Hall–Kier alpha value is -0.850. The van der Waals surface area contributed by atoms with E-state index in [0.29, 0.717) is 19.2 Å². The van der Waals surface area contributed by atoms with Crippen molar-refractivity contribution in [3.05, 3.63) is 0 Å². The first-order chi connectivity index (χ1) is 8.19. The van der Waals surface area contributed by atoms with Crippen molar-refractivity contribution in [2.24, 2.45) is 10.8 Å². The van der Waals surface area contributed by atoms with E-state index in [9.17, 15) is 0 Å². The number of guanidine groups is 1. The van der Waals surface area contributed by atoms with Crippen LogP contribution in [0, 0.1) is 0 Å². The monoisotopic (exact) mass is 243 g/mol. The predicted molar refractivity (Wildman–Crippen MR) is 69.8 cm³/mol. The molecule has 0 spiro atoms. The van der Waals surface area contributed by atoms with E-state index in [1.54, 1.807) is 7.11 Å². The van der Waals surface area contributed by atoms with Gasteiger partial charge in [0.15, 0.2) is 0 Å². The van der Waals surface area contributed by atoms with Crippen molar-refractivity contribution in [2.45, 2.75) is 18.9 Å². The van der Waals surface area contributed by atoms with Crippen LogP contribution >= 0.6 is 0 Å². The van der Waals surface area contributed by atoms with Crippen molar-refractivity contribution < 1.29 is 4.74 Å². The summed E-state index contributed by atoms with van der Waals surface area (Å²) in [4.78, 5) is 8.88. The SMILES string of the molecule is COCCN=C(NN)N1CCC(N(C)C)CC1. The van der Waals surface area contributed by atoms with E-state index < -0.39 is 0 Å². The van der Waals surface area contributed by atoms with Gasteiger partial charge >= 0.3 is 0 Å². The van der Waals surface area contributed by atoms with Crippen LogP contribution in [0.15, 0.2) is 4.99 Å². The maximum atomic E-state index is 5.51. The first-order valence-electron chi connectivity index (χ1n) is 6.10. The molecular weight excluding hydrogens is 218 g/mol. The van der Waals surface area contributed by atoms with Crippen LogP contribution in [0.1, 0.15) is 12.8 Å². The van der Waals surface area contributed by atoms with Crippen LogP contribution in [0.25, 0.3) is 0 Å². The molecular formula is C11H25N5O. The van der Waals surface area contributed by atoms with Crippen molar-refractivity contribution in [3.63, 3.8) is 0 Å². The molecule has 0 bridgehead atoms. The van der Waals surface area contributed by atoms with E-state index in [4.69, 9.17) is 10.6 Å². The molecule has 1 aliphatic rings. The average molecular weight is 243 g/mol. The molecule has 6 heteroatoms. The van der Waals surface area contributed by atoms with Crippen LogP contribution in [-0.2, 0) is 4.74 Å². The Morgan fingerprint density at radius 1 is 1.47 bits per heavy atom. The maximum Gasteiger partial charge on any atom is 0.208 e. The smallest absolute Gasteiger partial charge is 0.208 e. The molecule has 1 fully saturated rings. The van der Waals surface area contributed by atoms with Gasteiger partial charge in [-0.1, -0.05) is 0 Å². The Balaban J connectivity index is 2.42. The lowest BCUT2D eigenvalue weighted by atomic mass is 10.0. The summed E-state index contributed by atoms with van der Waals surface area (Å²) >= 11 is 0. The van der Waals surface area contributed by atoms with E-state index in [-0.39, 0.29) is 0 Å². The third kappa shape index (κ3) is 4.49. The zero-order chi connectivity index (χ0) is 12.7. The van der Waals surface area contributed by atoms with Gasteiger partial charge in [-0.3, -0.25) is 5.43 Å². The van der Waals surface area contributed by atoms with Crippen LogP contribution in [0.2, 0.25) is 0 Å². The largest absolute Gasteiger partial charge is 0.383 e. The van der Waals surface area contributed by atoms with Gasteiger partial charge in [0.25, 0.3) is 0 Å². The van der Waals surface area contributed by atoms with Crippen molar-refractivity contribution >= 4 is 5.96 Å². The molecule has 0 aromatic carbocycles. The number of nitrogens with one attached hydrogen (secondary N) is 1. The standard InChI is InChI=1S/C11H25N5O/c1-15(2)10-4-7-16(8-5-10)11(14-12)13-6-9-17-3/h10H,4-9,12H2,1-3H3,(H,13,14). The average Bonchev–Trinajstić information content (AvgIpc) is 2.35. The van der Waals surface area contributed by atoms with Gasteiger partial charge in [-0.05, 0) is 26.9 Å². The second-order valence-electron chi connectivity index (χ2n) is 4.52. The van der Waals surface area contributed by atoms with Crippen LogP contribution in [0.5, 0.6) is 0 Å². The normalized spacial score (nSPS) is 18.9. The first-order valence-corrected chi connectivity index (χ1v) is 6.10. The Morgan fingerprint density at radius 3 is 2.59 bits per heavy atom. The first kappa shape index (κ1) is 14.2. The molecule has 0 aliphatic carbocycles. The molecule has 0 saturated carbocycles. The maximum absolute atomic E-state index is 5.51. The molecule has 0 atom stereocenters. The molecule has 100 valence electrons. The van der Waals surface area contributed by atoms with Gasteiger partial charge in [0.05, 0.1) is 13.2 Å². The molecule has 1 aliphatic heterocycles. The van der Waals surface area contributed by atoms with Crippen LogP contribution < -0.4 is 11.3 Å². The van der Waals surface area contributed by atoms with Gasteiger partial charge in [-0.15, -0.1) is 0 Å². The topological polar surface area (TPSA) is 66.1 Å². The molecule has 0 aromatic heterocycles. The van der Waals surface area contributed by atoms with E-state index >= 15 is 0 Å². The van der Waals surface area contributed by atoms with Crippen LogP contribution in [0.3, 0.4) is 0 Å². The molecule has 0 amide bonds. The minimum Gasteiger partial charge on any atom is -0.383 e. The van der Waals surface area contributed by atoms with E-state index in [1.807, 2.05) is 0 Å². The third-order valence-corrected chi connectivity index (χ3v) is 3.18. The molecule has 0 aromatic rings. The minimum absolute atomic E-state index is 0.624. The fraction of sp³-hybridized carbons (Fsp3) is 0.909. The Kier molecular flexibility index (Phi) is 6.25. The van der Waals surface area contributed by atoms with Crippen LogP contribution in [0.4, 0.5) is 0 Å². The van der Waals surface area contributed by atoms with E-state index in [2.05, 4.69) is 34.3 Å². The number of nitrogens with two attached hydrogens (primary N) is 1. The summed E-state index contributed by atoms with van der Waals surface area (Å²) in [6.45, 7) is 3.26. The lowest BCUT2D eigenvalue weighted by Gasteiger charge is -2.36. The molecule has 1 rings (SSSR count). The van der Waals surface area contributed by atoms with Gasteiger partial charge in [0.2, 0.25) is 5.96 Å². The highest BCUT2D eigenvalue weighted by molar-refractivity contribution is 5.79. The number of methoxy groups -OCH3 is 1. The zero-order valence-electron chi connectivity index (χ0n) is 11.1. The number of nitrogens with zero attached hydrogens (tertiary/aromatic N) is 3. The molecule has 0 radical (unpaired) electrons. The summed E-state index contributed by atoms with van der Waals surface area (Å²) < 4.78 is 4.97. The number of aliphatic imine (C=N–C) groups is 1. The van der Waals surface area contributed by atoms with Crippen molar-refractivity contribution in [1.82, 2.24) is 15.2 Å². The zero-order valence-corrected chi connectivity index (χ0v) is 11.1. The number of rotatable bonds is 4. The quantitative estimate of drug-likeness (QED) is 0.229. The fourth-order valence-electron chi connectivity index (χ4n) is 2.07. The highest BCUT2D eigenvalue weighted by Gasteiger charge is 2.22. The number of hydrogen-bond acceptors (Lipinski definition) is 4. The highest BCUT2D eigenvalue weighted by atomic mass is 16.5. The molecule has 17 heavy (non-hydrogen) atoms. The summed E-state index contributed by atoms with van der Waals surface area (Å²) in [5.74, 6) is 6.28. The summed E-state index contributed by atoms with van der Waals surface area (Å²) in [5.41, 5.74) is 2.68. The molecule has 3 N–H and O–H groups in total. The summed E-state index contributed by atoms with van der Waals surface area (Å²) in [7, 11) is 5.94. The van der Waals surface area contributed by atoms with Crippen LogP contribution in [-0.4, -0.2) is 69.2 Å². The highest BCUT2D eigenvalue weighted by Crippen LogP contribution is 2.13. The Bertz CT molecular complexity index is 236. The van der Waals surface area contributed by atoms with Crippen molar-refractivity contribution in [2.75, 3.05) is 47.4 Å². The number of hydrazine groups is 1. The van der Waals surface area contributed by atoms with Gasteiger partial charge in [-0.25, -0.2) is 10.8 Å². The lowest BCUT2D eigenvalue weighted by Crippen LogP contribution is -2.50. The van der Waals surface area contributed by atoms with Crippen molar-refractivity contribution in [1.29, 1.82) is 0 Å². The summed E-state index contributed by atoms with van der Waals surface area (Å²) in [6.07, 6.45) is 2.30. The Labute approximate surface area is 104 Å². The third-order valence-electron chi connectivity index (χ3n) is 3.18. The molecule has 1 heterocycles. The van der Waals surface area contributed by atoms with Gasteiger partial charge in [0.1, 0.15) is 0 Å². The van der Waals surface area contributed by atoms with E-state index in [0.717, 1.165) is 31.9 Å². The predicted octanol–water partition coefficient (Wildman–Crippen LogP) is -0.522. The van der Waals surface area contributed by atoms with Gasteiger partial charge in [0, 0.05) is 26.2 Å². The second-order valence-corrected chi connectivity index (χ2v) is 4.52. The number of likely N-dealkylation sites (tertiary alicyclic amines) is 1. The number of piperidine rings is 1. The van der Waals surface area contributed by atoms with Gasteiger partial charge < -0.3 is 14.5 Å². The minimum atomic E-state index is 0.624. The Morgan fingerprint density at radius 2 is 2.12 bits per heavy atom. The molecule has 1 saturated heterocycles. The number of ether oxygens (including phenoxy) is 1.